The van der Waals surface area contributed by atoms with Crippen molar-refractivity contribution < 1.29 is 14.3 Å². The summed E-state index contributed by atoms with van der Waals surface area (Å²) >= 11 is 5.93. The van der Waals surface area contributed by atoms with E-state index in [1.165, 1.54) is 0 Å². The summed E-state index contributed by atoms with van der Waals surface area (Å²) in [5, 5.41) is 3.50. The smallest absolute Gasteiger partial charge is 0.338 e. The molecule has 1 amide bonds. The molecule has 1 N–H and O–H groups in total. The molecule has 2 aromatic rings. The molecule has 1 fully saturated rings. The number of hydrogen-bond acceptors (Lipinski definition) is 4. The van der Waals surface area contributed by atoms with Gasteiger partial charge in [0.1, 0.15) is 12.6 Å². The maximum absolute atomic E-state index is 12.3. The normalized spacial score (nSPS) is 18.4. The van der Waals surface area contributed by atoms with Crippen LogP contribution in [0.2, 0.25) is 5.02 Å². The lowest BCUT2D eigenvalue weighted by molar-refractivity contribution is -0.117. The molecule has 2 aromatic carbocycles. The number of carbonyl (C=O) groups is 2. The lowest BCUT2D eigenvalue weighted by atomic mass is 10.1. The SMILES string of the molecule is O=C(OCc1cccc(Cl)c1)c1ccc2c(c1)NC(=O)[C@H]1CCCN21. The summed E-state index contributed by atoms with van der Waals surface area (Å²) in [6.45, 7) is 1.01. The van der Waals surface area contributed by atoms with Crippen LogP contribution >= 0.6 is 11.6 Å². The Hall–Kier alpha value is -2.53. The molecule has 0 bridgehead atoms. The van der Waals surface area contributed by atoms with E-state index in [2.05, 4.69) is 10.2 Å². The van der Waals surface area contributed by atoms with Crippen LogP contribution < -0.4 is 10.2 Å². The van der Waals surface area contributed by atoms with Crippen LogP contribution in [0.25, 0.3) is 0 Å². The van der Waals surface area contributed by atoms with Crippen LogP contribution in [-0.4, -0.2) is 24.5 Å². The average molecular weight is 357 g/mol. The lowest BCUT2D eigenvalue weighted by Gasteiger charge is -2.33. The second-order valence-corrected chi connectivity index (χ2v) is 6.72. The van der Waals surface area contributed by atoms with Gasteiger partial charge in [-0.2, -0.15) is 0 Å². The summed E-state index contributed by atoms with van der Waals surface area (Å²) in [7, 11) is 0. The fourth-order valence-electron chi connectivity index (χ4n) is 3.42. The van der Waals surface area contributed by atoms with Gasteiger partial charge in [-0.3, -0.25) is 4.79 Å². The monoisotopic (exact) mass is 356 g/mol. The molecule has 0 radical (unpaired) electrons. The summed E-state index contributed by atoms with van der Waals surface area (Å²) < 4.78 is 5.35. The number of carbonyl (C=O) groups excluding carboxylic acids is 2. The van der Waals surface area contributed by atoms with Crippen LogP contribution in [0.15, 0.2) is 42.5 Å². The number of hydrogen-bond donors (Lipinski definition) is 1. The molecule has 2 heterocycles. The Bertz CT molecular complexity index is 852. The van der Waals surface area contributed by atoms with Crippen molar-refractivity contribution in [3.05, 3.63) is 58.6 Å². The van der Waals surface area contributed by atoms with E-state index in [0.717, 1.165) is 30.6 Å². The number of fused-ring (bicyclic) bond motifs is 3. The van der Waals surface area contributed by atoms with Crippen LogP contribution in [-0.2, 0) is 16.1 Å². The summed E-state index contributed by atoms with van der Waals surface area (Å²) in [6.07, 6.45) is 1.87. The molecular weight excluding hydrogens is 340 g/mol. The molecule has 25 heavy (non-hydrogen) atoms. The summed E-state index contributed by atoms with van der Waals surface area (Å²) in [4.78, 5) is 26.6. The first-order valence-corrected chi connectivity index (χ1v) is 8.63. The van der Waals surface area contributed by atoms with Gasteiger partial charge >= 0.3 is 5.97 Å². The molecule has 0 unspecified atom stereocenters. The molecule has 4 rings (SSSR count). The van der Waals surface area contributed by atoms with Crippen LogP contribution in [0, 0.1) is 0 Å². The minimum atomic E-state index is -0.430. The van der Waals surface area contributed by atoms with Crippen molar-refractivity contribution in [2.45, 2.75) is 25.5 Å². The third kappa shape index (κ3) is 3.07. The number of nitrogens with one attached hydrogen (secondary N) is 1. The maximum atomic E-state index is 12.3. The molecule has 2 aliphatic rings. The van der Waals surface area contributed by atoms with Crippen LogP contribution in [0.3, 0.4) is 0 Å². The third-order valence-corrected chi connectivity index (χ3v) is 4.85. The van der Waals surface area contributed by atoms with E-state index in [1.54, 1.807) is 24.3 Å². The predicted octanol–water partition coefficient (Wildman–Crippen LogP) is 3.62. The van der Waals surface area contributed by atoms with Crippen molar-refractivity contribution in [2.75, 3.05) is 16.8 Å². The van der Waals surface area contributed by atoms with Gasteiger partial charge in [0.25, 0.3) is 0 Å². The molecule has 5 nitrogen and oxygen atoms in total. The van der Waals surface area contributed by atoms with E-state index in [1.807, 2.05) is 18.2 Å². The number of ether oxygens (including phenoxy) is 1. The molecule has 6 heteroatoms. The van der Waals surface area contributed by atoms with Gasteiger partial charge in [0.2, 0.25) is 5.91 Å². The van der Waals surface area contributed by atoms with Gasteiger partial charge in [0, 0.05) is 11.6 Å². The van der Waals surface area contributed by atoms with E-state index in [4.69, 9.17) is 16.3 Å². The highest BCUT2D eigenvalue weighted by Gasteiger charge is 2.36. The number of nitrogens with zero attached hydrogens (tertiary/aromatic N) is 1. The highest BCUT2D eigenvalue weighted by molar-refractivity contribution is 6.30. The van der Waals surface area contributed by atoms with E-state index in [0.29, 0.717) is 16.3 Å². The van der Waals surface area contributed by atoms with Gasteiger partial charge < -0.3 is 15.0 Å². The number of halogens is 1. The minimum absolute atomic E-state index is 0.00514. The van der Waals surface area contributed by atoms with Crippen LogP contribution in [0.4, 0.5) is 11.4 Å². The first kappa shape index (κ1) is 16.0. The number of anilines is 2. The summed E-state index contributed by atoms with van der Waals surface area (Å²) in [5.41, 5.74) is 2.87. The predicted molar refractivity (Wildman–Crippen MR) is 96.0 cm³/mol. The van der Waals surface area contributed by atoms with Crippen molar-refractivity contribution in [1.29, 1.82) is 0 Å². The van der Waals surface area contributed by atoms with Gasteiger partial charge in [-0.25, -0.2) is 4.79 Å². The highest BCUT2D eigenvalue weighted by atomic mass is 35.5. The Morgan fingerprint density at radius 1 is 1.28 bits per heavy atom. The van der Waals surface area contributed by atoms with Crippen molar-refractivity contribution in [3.63, 3.8) is 0 Å². The molecule has 0 aliphatic carbocycles. The fourth-order valence-corrected chi connectivity index (χ4v) is 3.63. The van der Waals surface area contributed by atoms with Crippen LogP contribution in [0.5, 0.6) is 0 Å². The van der Waals surface area contributed by atoms with E-state index >= 15 is 0 Å². The van der Waals surface area contributed by atoms with Gasteiger partial charge in [0.05, 0.1) is 16.9 Å². The molecule has 1 saturated heterocycles. The van der Waals surface area contributed by atoms with Crippen molar-refractivity contribution >= 4 is 34.9 Å². The van der Waals surface area contributed by atoms with Gasteiger partial charge in [-0.15, -0.1) is 0 Å². The Labute approximate surface area is 150 Å². The first-order valence-electron chi connectivity index (χ1n) is 8.25. The largest absolute Gasteiger partial charge is 0.457 e. The Morgan fingerprint density at radius 2 is 2.16 bits per heavy atom. The van der Waals surface area contributed by atoms with Gasteiger partial charge in [-0.1, -0.05) is 23.7 Å². The van der Waals surface area contributed by atoms with Crippen molar-refractivity contribution in [1.82, 2.24) is 0 Å². The molecule has 0 saturated carbocycles. The molecule has 128 valence electrons. The molecule has 2 aliphatic heterocycles. The number of benzene rings is 2. The average Bonchev–Trinajstić information content (AvgIpc) is 3.10. The molecule has 0 aromatic heterocycles. The van der Waals surface area contributed by atoms with E-state index in [-0.39, 0.29) is 18.6 Å². The fraction of sp³-hybridized carbons (Fsp3) is 0.263. The van der Waals surface area contributed by atoms with Gasteiger partial charge in [-0.05, 0) is 48.7 Å². The third-order valence-electron chi connectivity index (χ3n) is 4.61. The Kier molecular flexibility index (Phi) is 4.09. The zero-order chi connectivity index (χ0) is 17.4. The zero-order valence-corrected chi connectivity index (χ0v) is 14.3. The second kappa shape index (κ2) is 6.41. The second-order valence-electron chi connectivity index (χ2n) is 6.28. The van der Waals surface area contributed by atoms with Gasteiger partial charge in [0.15, 0.2) is 0 Å². The van der Waals surface area contributed by atoms with Crippen molar-refractivity contribution in [3.8, 4) is 0 Å². The topological polar surface area (TPSA) is 58.6 Å². The molecule has 1 atom stereocenters. The van der Waals surface area contributed by atoms with E-state index in [9.17, 15) is 9.59 Å². The lowest BCUT2D eigenvalue weighted by Crippen LogP contribution is -2.43. The molecule has 0 spiro atoms. The van der Waals surface area contributed by atoms with Crippen LogP contribution in [0.1, 0.15) is 28.8 Å². The summed E-state index contributed by atoms with van der Waals surface area (Å²) in [6, 6.07) is 12.4. The Morgan fingerprint density at radius 3 is 3.00 bits per heavy atom. The maximum Gasteiger partial charge on any atom is 0.338 e. The number of amides is 1. The molecular formula is C19H17ClN2O3. The number of esters is 1. The van der Waals surface area contributed by atoms with Crippen molar-refractivity contribution in [2.24, 2.45) is 0 Å². The first-order chi connectivity index (χ1) is 12.1. The highest BCUT2D eigenvalue weighted by Crippen LogP contribution is 2.37. The van der Waals surface area contributed by atoms with E-state index < -0.39 is 5.97 Å². The summed E-state index contributed by atoms with van der Waals surface area (Å²) in [5.74, 6) is -0.435. The number of rotatable bonds is 3. The Balaban J connectivity index is 1.51. The quantitative estimate of drug-likeness (QED) is 0.853. The standard InChI is InChI=1S/C19H17ClN2O3/c20-14-4-1-3-12(9-14)11-25-19(24)13-6-7-16-15(10-13)21-18(23)17-5-2-8-22(16)17/h1,3-4,6-7,9-10,17H,2,5,8,11H2,(H,21,23)/t17-/m1/s1. The zero-order valence-electron chi connectivity index (χ0n) is 13.5. The minimum Gasteiger partial charge on any atom is -0.457 e.